The topological polar surface area (TPSA) is 74.6 Å². The van der Waals surface area contributed by atoms with E-state index < -0.39 is 17.3 Å². The maximum atomic E-state index is 12.7. The van der Waals surface area contributed by atoms with Crippen LogP contribution in [-0.2, 0) is 11.2 Å². The molecule has 208 valence electrons. The summed E-state index contributed by atoms with van der Waals surface area (Å²) in [5, 5.41) is 25.0. The Morgan fingerprint density at radius 3 is 2.21 bits per heavy atom. The average molecular weight is 553 g/mol. The Hall–Kier alpha value is -2.81. The van der Waals surface area contributed by atoms with Gasteiger partial charge in [-0.15, -0.1) is 0 Å². The third kappa shape index (κ3) is 4.87. The molecule has 2 N–H and O–H groups in total. The van der Waals surface area contributed by atoms with Gasteiger partial charge in [-0.3, -0.25) is 0 Å². The number of nitrogens with zero attached hydrogens (tertiary/aromatic N) is 2. The molecule has 1 saturated carbocycles. The number of aliphatic hydroxyl groups is 2. The van der Waals surface area contributed by atoms with Crippen molar-refractivity contribution in [2.24, 2.45) is 0 Å². The van der Waals surface area contributed by atoms with E-state index in [1.807, 2.05) is 80.5 Å². The minimum absolute atomic E-state index is 0.306. The fraction of sp³-hybridized carbons (Fsp3) is 0.419. The molecule has 8 heteroatoms. The lowest BCUT2D eigenvalue weighted by Crippen LogP contribution is -2.52. The van der Waals surface area contributed by atoms with Gasteiger partial charge in [0.2, 0.25) is 0 Å². The molecule has 4 atom stereocenters. The summed E-state index contributed by atoms with van der Waals surface area (Å²) in [5.41, 5.74) is -0.963. The number of fused-ring (bicyclic) bond motifs is 3. The molecule has 0 radical (unpaired) electrons. The monoisotopic (exact) mass is 552 g/mol. The maximum absolute atomic E-state index is 12.7. The third-order valence-corrected chi connectivity index (χ3v) is 8.02. The van der Waals surface area contributed by atoms with Gasteiger partial charge in [0.25, 0.3) is 0 Å². The first-order chi connectivity index (χ1) is 18.7. The number of aliphatic hydroxyl groups excluding tert-OH is 1. The summed E-state index contributed by atoms with van der Waals surface area (Å²) >= 11 is 6.27. The standard InChI is InChI=1S/C31H37ClN2O5/c1-33(2)14-16-37-24-18-26(38-17-15-34(3)4)29-27(19-24)39-31(22-10-12-23(32)13-11-22)25(20-28(35)30(29,31)36)21-8-6-5-7-9-21/h5-13,18-19,25,28,35-36H,14-17,20H2,1-4H3/t25-,28-,30+,31-/m0/s1. The molecule has 0 unspecified atom stereocenters. The van der Waals surface area contributed by atoms with Crippen LogP contribution in [0.3, 0.4) is 0 Å². The van der Waals surface area contributed by atoms with Gasteiger partial charge in [-0.25, -0.2) is 0 Å². The van der Waals surface area contributed by atoms with E-state index in [-0.39, 0.29) is 5.92 Å². The van der Waals surface area contributed by atoms with Crippen molar-refractivity contribution in [3.8, 4) is 17.2 Å². The summed E-state index contributed by atoms with van der Waals surface area (Å²) in [7, 11) is 7.93. The highest BCUT2D eigenvalue weighted by atomic mass is 35.5. The zero-order chi connectivity index (χ0) is 27.8. The Labute approximate surface area is 235 Å². The second-order valence-corrected chi connectivity index (χ2v) is 11.4. The van der Waals surface area contributed by atoms with Crippen LogP contribution in [0.1, 0.15) is 29.0 Å². The highest BCUT2D eigenvalue weighted by Crippen LogP contribution is 2.68. The van der Waals surface area contributed by atoms with Crippen LogP contribution < -0.4 is 14.2 Å². The van der Waals surface area contributed by atoms with Crippen LogP contribution in [0.25, 0.3) is 0 Å². The van der Waals surface area contributed by atoms with E-state index in [0.29, 0.717) is 54.0 Å². The van der Waals surface area contributed by atoms with Crippen LogP contribution >= 0.6 is 11.6 Å². The molecule has 0 bridgehead atoms. The van der Waals surface area contributed by atoms with Crippen LogP contribution in [0.4, 0.5) is 0 Å². The average Bonchev–Trinajstić information content (AvgIpc) is 3.29. The molecule has 3 aromatic rings. The number of hydrogen-bond acceptors (Lipinski definition) is 7. The minimum Gasteiger partial charge on any atom is -0.492 e. The van der Waals surface area contributed by atoms with Gasteiger partial charge in [-0.05, 0) is 57.9 Å². The summed E-state index contributed by atoms with van der Waals surface area (Å²) in [6, 6.07) is 20.8. The Balaban J connectivity index is 1.67. The predicted molar refractivity (Wildman–Crippen MR) is 152 cm³/mol. The lowest BCUT2D eigenvalue weighted by Gasteiger charge is -2.40. The van der Waals surface area contributed by atoms with Gasteiger partial charge in [0.1, 0.15) is 30.5 Å². The summed E-state index contributed by atoms with van der Waals surface area (Å²) in [6.45, 7) is 2.28. The second-order valence-electron chi connectivity index (χ2n) is 10.9. The fourth-order valence-electron chi connectivity index (χ4n) is 5.88. The SMILES string of the molecule is CN(C)CCOc1cc(OCCN(C)C)c2c(c1)O[C@@]1(c3ccc(Cl)cc3)[C@H](c3ccccc3)C[C@H](O)[C@@]21O. The van der Waals surface area contributed by atoms with Crippen molar-refractivity contribution in [1.29, 1.82) is 0 Å². The Morgan fingerprint density at radius 1 is 0.923 bits per heavy atom. The molecule has 0 spiro atoms. The molecule has 1 heterocycles. The highest BCUT2D eigenvalue weighted by molar-refractivity contribution is 6.30. The lowest BCUT2D eigenvalue weighted by molar-refractivity contribution is -0.150. The van der Waals surface area contributed by atoms with Crippen molar-refractivity contribution < 1.29 is 24.4 Å². The summed E-state index contributed by atoms with van der Waals surface area (Å²) < 4.78 is 19.3. The van der Waals surface area contributed by atoms with Gasteiger partial charge in [0.05, 0.1) is 11.7 Å². The van der Waals surface area contributed by atoms with Gasteiger partial charge in [-0.1, -0.05) is 54.1 Å². The quantitative estimate of drug-likeness (QED) is 0.389. The van der Waals surface area contributed by atoms with E-state index in [0.717, 1.165) is 17.7 Å². The zero-order valence-corrected chi connectivity index (χ0v) is 23.7. The molecule has 0 saturated heterocycles. The Kier molecular flexibility index (Phi) is 7.82. The van der Waals surface area contributed by atoms with Gasteiger partial charge in [0.15, 0.2) is 11.2 Å². The van der Waals surface area contributed by atoms with Crippen LogP contribution in [0, 0.1) is 0 Å². The molecular formula is C31H37ClN2O5. The first-order valence-corrected chi connectivity index (χ1v) is 13.7. The van der Waals surface area contributed by atoms with E-state index in [1.54, 1.807) is 24.3 Å². The van der Waals surface area contributed by atoms with E-state index >= 15 is 0 Å². The highest BCUT2D eigenvalue weighted by Gasteiger charge is 2.73. The van der Waals surface area contributed by atoms with Crippen molar-refractivity contribution >= 4 is 11.6 Å². The van der Waals surface area contributed by atoms with Crippen LogP contribution in [0.2, 0.25) is 5.02 Å². The van der Waals surface area contributed by atoms with Gasteiger partial charge in [-0.2, -0.15) is 0 Å². The molecule has 2 aliphatic rings. The smallest absolute Gasteiger partial charge is 0.176 e. The predicted octanol–water partition coefficient (Wildman–Crippen LogP) is 4.24. The van der Waals surface area contributed by atoms with Gasteiger partial charge >= 0.3 is 0 Å². The second kappa shape index (κ2) is 11.0. The molecule has 0 amide bonds. The molecule has 1 aliphatic carbocycles. The number of benzene rings is 3. The molecule has 5 rings (SSSR count). The number of ether oxygens (including phenoxy) is 3. The van der Waals surface area contributed by atoms with Crippen LogP contribution in [-0.4, -0.2) is 80.6 Å². The molecule has 1 aliphatic heterocycles. The fourth-order valence-corrected chi connectivity index (χ4v) is 6.01. The molecule has 0 aromatic heterocycles. The first kappa shape index (κ1) is 27.7. The molecule has 3 aromatic carbocycles. The van der Waals surface area contributed by atoms with Gasteiger partial charge in [0, 0.05) is 36.2 Å². The number of rotatable bonds is 10. The first-order valence-electron chi connectivity index (χ1n) is 13.3. The number of halogens is 1. The van der Waals surface area contributed by atoms with E-state index in [9.17, 15) is 10.2 Å². The molecule has 7 nitrogen and oxygen atoms in total. The van der Waals surface area contributed by atoms with Crippen molar-refractivity contribution in [2.45, 2.75) is 29.6 Å². The van der Waals surface area contributed by atoms with Crippen molar-refractivity contribution in [3.05, 3.63) is 88.4 Å². The van der Waals surface area contributed by atoms with E-state index in [4.69, 9.17) is 25.8 Å². The Bertz CT molecular complexity index is 1290. The van der Waals surface area contributed by atoms with Gasteiger partial charge < -0.3 is 34.2 Å². The summed E-state index contributed by atoms with van der Waals surface area (Å²) in [6.07, 6.45) is -0.808. The summed E-state index contributed by atoms with van der Waals surface area (Å²) in [5.74, 6) is 1.12. The van der Waals surface area contributed by atoms with Crippen LogP contribution in [0.5, 0.6) is 17.2 Å². The molecular weight excluding hydrogens is 516 g/mol. The largest absolute Gasteiger partial charge is 0.492 e. The van der Waals surface area contributed by atoms with E-state index in [2.05, 4.69) is 0 Å². The number of likely N-dealkylation sites (N-methyl/N-ethyl adjacent to an activating group) is 2. The summed E-state index contributed by atoms with van der Waals surface area (Å²) in [4.78, 5) is 4.07. The van der Waals surface area contributed by atoms with Crippen LogP contribution in [0.15, 0.2) is 66.7 Å². The molecule has 1 fully saturated rings. The minimum atomic E-state index is -1.79. The van der Waals surface area contributed by atoms with Crippen molar-refractivity contribution in [2.75, 3.05) is 54.5 Å². The normalized spacial score (nSPS) is 25.5. The zero-order valence-electron chi connectivity index (χ0n) is 22.9. The third-order valence-electron chi connectivity index (χ3n) is 7.77. The Morgan fingerprint density at radius 2 is 1.56 bits per heavy atom. The van der Waals surface area contributed by atoms with E-state index in [1.165, 1.54) is 0 Å². The number of hydrogen-bond donors (Lipinski definition) is 2. The van der Waals surface area contributed by atoms with Crippen molar-refractivity contribution in [1.82, 2.24) is 9.80 Å². The van der Waals surface area contributed by atoms with Crippen molar-refractivity contribution in [3.63, 3.8) is 0 Å². The lowest BCUT2D eigenvalue weighted by atomic mass is 9.71. The molecule has 39 heavy (non-hydrogen) atoms. The maximum Gasteiger partial charge on any atom is 0.176 e.